The maximum atomic E-state index is 16.9. The predicted octanol–water partition coefficient (Wildman–Crippen LogP) is 9.04. The lowest BCUT2D eigenvalue weighted by Crippen LogP contribution is -2.59. The Balaban J connectivity index is 1.05. The zero-order chi connectivity index (χ0) is 52.8. The summed E-state index contributed by atoms with van der Waals surface area (Å²) in [6.45, 7) is 4.14. The lowest BCUT2D eigenvalue weighted by Gasteiger charge is -2.46. The van der Waals surface area contributed by atoms with E-state index < -0.39 is 71.0 Å². The first-order valence-electron chi connectivity index (χ1n) is 26.9. The van der Waals surface area contributed by atoms with Crippen molar-refractivity contribution in [3.05, 3.63) is 191 Å². The number of ether oxygens (including phenoxy) is 3. The van der Waals surface area contributed by atoms with E-state index in [1.807, 2.05) is 121 Å². The van der Waals surface area contributed by atoms with E-state index in [1.165, 1.54) is 0 Å². The van der Waals surface area contributed by atoms with Crippen molar-refractivity contribution in [2.24, 2.45) is 5.92 Å². The molecule has 14 heteroatoms. The van der Waals surface area contributed by atoms with Crippen LogP contribution in [0.4, 0.5) is 10.5 Å². The number of aromatic hydroxyl groups is 1. The number of esters is 1. The van der Waals surface area contributed by atoms with Gasteiger partial charge in [0.25, 0.3) is 0 Å². The van der Waals surface area contributed by atoms with Gasteiger partial charge in [-0.25, -0.2) is 9.69 Å². The molecule has 5 heterocycles. The number of phenolic OH excluding ortho intramolecular Hbond substituents is 1. The summed E-state index contributed by atoms with van der Waals surface area (Å²) in [6.07, 6.45) is 3.82. The molecule has 4 fully saturated rings. The summed E-state index contributed by atoms with van der Waals surface area (Å²) in [7, 11) is 0. The summed E-state index contributed by atoms with van der Waals surface area (Å²) in [6, 6.07) is 41.8. The number of carbonyl (C=O) groups excluding carboxylic acids is 4. The number of fused-ring (bicyclic) bond motifs is 4. The largest absolute Gasteiger partial charge is 0.508 e. The summed E-state index contributed by atoms with van der Waals surface area (Å²) in [5.74, 6) is 4.58. The van der Waals surface area contributed by atoms with Gasteiger partial charge in [-0.1, -0.05) is 134 Å². The van der Waals surface area contributed by atoms with E-state index in [-0.39, 0.29) is 31.3 Å². The van der Waals surface area contributed by atoms with Crippen molar-refractivity contribution in [1.29, 1.82) is 0 Å². The van der Waals surface area contributed by atoms with Gasteiger partial charge >= 0.3 is 12.0 Å². The van der Waals surface area contributed by atoms with E-state index >= 15 is 19.2 Å². The van der Waals surface area contributed by atoms with Crippen LogP contribution in [0, 0.1) is 17.8 Å². The Morgan fingerprint density at radius 1 is 0.727 bits per heavy atom. The number of hydrogen-bond donors (Lipinski definition) is 3. The number of piperazine rings is 1. The highest BCUT2D eigenvalue weighted by atomic mass is 16.7. The third-order valence-electron chi connectivity index (χ3n) is 16.7. The molecule has 5 aliphatic heterocycles. The highest BCUT2D eigenvalue weighted by Gasteiger charge is 2.76. The molecule has 392 valence electrons. The molecule has 6 aromatic carbocycles. The summed E-state index contributed by atoms with van der Waals surface area (Å²) in [5, 5.41) is 25.9. The molecule has 0 radical (unpaired) electrons. The summed E-state index contributed by atoms with van der Waals surface area (Å²) >= 11 is 0. The number of amides is 4. The number of nitrogens with zero attached hydrogens (tertiary/aromatic N) is 4. The fourth-order valence-electron chi connectivity index (χ4n) is 12.9. The molecule has 14 nitrogen and oxygen atoms in total. The number of aliphatic hydroxyl groups is 1. The number of nitrogens with one attached hydrogen (secondary N) is 1. The zero-order valence-corrected chi connectivity index (χ0v) is 42.9. The van der Waals surface area contributed by atoms with Crippen LogP contribution in [0.1, 0.15) is 109 Å². The molecule has 3 N–H and O–H groups in total. The van der Waals surface area contributed by atoms with Gasteiger partial charge in [-0.3, -0.25) is 24.2 Å². The highest BCUT2D eigenvalue weighted by Crippen LogP contribution is 2.66. The Bertz CT molecular complexity index is 3260. The van der Waals surface area contributed by atoms with Crippen LogP contribution in [0.2, 0.25) is 0 Å². The predicted molar refractivity (Wildman–Crippen MR) is 287 cm³/mol. The first kappa shape index (κ1) is 49.9. The van der Waals surface area contributed by atoms with Crippen molar-refractivity contribution in [2.75, 3.05) is 37.9 Å². The molecule has 12 rings (SSSR count). The first-order valence-corrected chi connectivity index (χ1v) is 26.9. The van der Waals surface area contributed by atoms with E-state index in [4.69, 9.17) is 14.2 Å². The number of rotatable bonds is 8. The number of urea groups is 1. The average molecular weight is 1030 g/mol. The number of imide groups is 1. The fourth-order valence-corrected chi connectivity index (χ4v) is 12.9. The van der Waals surface area contributed by atoms with Crippen molar-refractivity contribution in [3.63, 3.8) is 0 Å². The normalized spacial score (nSPS) is 25.0. The van der Waals surface area contributed by atoms with E-state index in [0.29, 0.717) is 66.2 Å². The molecule has 0 bridgehead atoms. The quantitative estimate of drug-likeness (QED) is 0.0758. The molecule has 7 atom stereocenters. The number of morpholine rings is 1. The van der Waals surface area contributed by atoms with Crippen LogP contribution in [0.15, 0.2) is 152 Å². The van der Waals surface area contributed by atoms with Crippen LogP contribution in [0.3, 0.4) is 0 Å². The third-order valence-corrected chi connectivity index (χ3v) is 16.7. The SMILES string of the molecule is CC(NC(=O)N1C(=O)C2(c3cc(C#CC4(O)CCCCCC4)ccc31)C(C(=O)N1CCN(Cc3ccc4c(c3)OCO4)CC1)C1C(=O)OC(c3ccccc3)C(c3ccccc3)N1C2c1ccc(O)cc1)c1ccccc1. The molecule has 0 aromatic heterocycles. The molecule has 4 amide bonds. The lowest BCUT2D eigenvalue weighted by molar-refractivity contribution is -0.179. The smallest absolute Gasteiger partial charge is 0.329 e. The summed E-state index contributed by atoms with van der Waals surface area (Å²) < 4.78 is 18.0. The van der Waals surface area contributed by atoms with Crippen molar-refractivity contribution >= 4 is 29.5 Å². The van der Waals surface area contributed by atoms with Gasteiger partial charge < -0.3 is 34.6 Å². The Morgan fingerprint density at radius 3 is 2.09 bits per heavy atom. The van der Waals surface area contributed by atoms with Gasteiger partial charge in [0.2, 0.25) is 18.6 Å². The molecule has 7 unspecified atom stereocenters. The summed E-state index contributed by atoms with van der Waals surface area (Å²) in [4.78, 5) is 71.7. The minimum Gasteiger partial charge on any atom is -0.508 e. The number of cyclic esters (lactones) is 1. The molecular weight excluding hydrogens is 971 g/mol. The van der Waals surface area contributed by atoms with E-state index in [9.17, 15) is 10.2 Å². The van der Waals surface area contributed by atoms with Crippen molar-refractivity contribution in [1.82, 2.24) is 20.0 Å². The van der Waals surface area contributed by atoms with E-state index in [0.717, 1.165) is 47.3 Å². The van der Waals surface area contributed by atoms with Crippen LogP contribution in [-0.4, -0.2) is 93.3 Å². The van der Waals surface area contributed by atoms with Crippen molar-refractivity contribution in [2.45, 2.75) is 93.3 Å². The van der Waals surface area contributed by atoms with Crippen LogP contribution in [0.5, 0.6) is 17.2 Å². The monoisotopic (exact) mass is 1030 g/mol. The lowest BCUT2D eigenvalue weighted by atomic mass is 9.64. The zero-order valence-electron chi connectivity index (χ0n) is 42.9. The van der Waals surface area contributed by atoms with Crippen molar-refractivity contribution in [3.8, 4) is 29.1 Å². The minimum absolute atomic E-state index is 0.0218. The van der Waals surface area contributed by atoms with Crippen LogP contribution in [0.25, 0.3) is 0 Å². The Kier molecular flexibility index (Phi) is 13.3. The topological polar surface area (TPSA) is 161 Å². The van der Waals surface area contributed by atoms with Gasteiger partial charge in [-0.15, -0.1) is 0 Å². The Hall–Kier alpha value is -7.96. The molecule has 1 saturated carbocycles. The second-order valence-corrected chi connectivity index (χ2v) is 21.3. The Labute approximate surface area is 448 Å². The van der Waals surface area contributed by atoms with Crippen LogP contribution < -0.4 is 19.7 Å². The molecular formula is C63H61N5O9. The fraction of sp³-hybridized carbons (Fsp3) is 0.333. The molecule has 6 aliphatic rings. The molecule has 3 saturated heterocycles. The van der Waals surface area contributed by atoms with Gasteiger partial charge in [0.05, 0.1) is 29.7 Å². The maximum absolute atomic E-state index is 16.9. The number of benzene rings is 6. The van der Waals surface area contributed by atoms with Gasteiger partial charge in [0.15, 0.2) is 11.5 Å². The van der Waals surface area contributed by atoms with Gasteiger partial charge in [0, 0.05) is 38.3 Å². The first-order chi connectivity index (χ1) is 37.5. The third kappa shape index (κ3) is 9.05. The molecule has 1 spiro atoms. The number of phenols is 1. The van der Waals surface area contributed by atoms with Gasteiger partial charge in [-0.05, 0) is 108 Å². The Morgan fingerprint density at radius 2 is 1.39 bits per heavy atom. The van der Waals surface area contributed by atoms with Gasteiger partial charge in [0.1, 0.15) is 28.9 Å². The molecule has 6 aromatic rings. The van der Waals surface area contributed by atoms with Crippen LogP contribution >= 0.6 is 0 Å². The second kappa shape index (κ2) is 20.5. The summed E-state index contributed by atoms with van der Waals surface area (Å²) in [5.41, 5.74) is 1.67. The average Bonchev–Trinajstić information content (AvgIpc) is 4.12. The molecule has 1 aliphatic carbocycles. The highest BCUT2D eigenvalue weighted by molar-refractivity contribution is 6.24. The number of carbonyl (C=O) groups is 4. The maximum Gasteiger partial charge on any atom is 0.329 e. The molecule has 77 heavy (non-hydrogen) atoms. The van der Waals surface area contributed by atoms with Gasteiger partial charge in [-0.2, -0.15) is 0 Å². The van der Waals surface area contributed by atoms with E-state index in [1.54, 1.807) is 47.4 Å². The van der Waals surface area contributed by atoms with Crippen molar-refractivity contribution < 1.29 is 43.6 Å². The van der Waals surface area contributed by atoms with Crippen LogP contribution in [-0.2, 0) is 31.1 Å². The number of hydrogen-bond acceptors (Lipinski definition) is 11. The number of anilines is 1. The minimum atomic E-state index is -2.01. The van der Waals surface area contributed by atoms with E-state index in [2.05, 4.69) is 22.1 Å². The standard InChI is InChI=1S/C63H61N5O9/c1-41(44-15-7-4-8-16-44)64-61(73)67-50-27-21-42(29-32-62(74)30-13-2-3-14-31-62)37-49(50)63(60(67)72)53(58(70)66-35-33-65(34-36-66)39-43-22-28-51-52(38-43)76-40-75-51)55-59(71)77-56(46-19-11-6-12-20-46)54(45-17-9-5-10-18-45)68(55)57(63)47-23-25-48(69)26-24-47/h4-12,15-28,37-38,41,53-57,69,74H,2-3,13-14,30-31,33-36,39-40H2,1H3,(H,64,73). The second-order valence-electron chi connectivity index (χ2n) is 21.3.